The third kappa shape index (κ3) is 4.96. The van der Waals surface area contributed by atoms with Crippen molar-refractivity contribution in [2.75, 3.05) is 20.2 Å². The number of carboxylic acid groups (broad SMARTS) is 1. The lowest BCUT2D eigenvalue weighted by Crippen LogP contribution is -2.45. The monoisotopic (exact) mass is 320 g/mol. The fraction of sp³-hybridized carbons (Fsp3) is 0.529. The third-order valence-electron chi connectivity index (χ3n) is 4.19. The van der Waals surface area contributed by atoms with E-state index in [4.69, 9.17) is 4.74 Å². The second-order valence-corrected chi connectivity index (χ2v) is 5.72. The molecule has 1 heterocycles. The van der Waals surface area contributed by atoms with Gasteiger partial charge in [0.25, 0.3) is 0 Å². The number of ether oxygens (including phenoxy) is 1. The second kappa shape index (κ2) is 8.53. The molecule has 1 saturated heterocycles. The fourth-order valence-corrected chi connectivity index (χ4v) is 2.91. The smallest absolute Gasteiger partial charge is 0.320 e. The van der Waals surface area contributed by atoms with Gasteiger partial charge in [-0.05, 0) is 25.5 Å². The normalized spacial score (nSPS) is 18.4. The summed E-state index contributed by atoms with van der Waals surface area (Å²) < 4.78 is 5.25. The molecule has 0 unspecified atom stereocenters. The number of hydrogen-bond donors (Lipinski definition) is 2. The van der Waals surface area contributed by atoms with Crippen LogP contribution in [0.5, 0.6) is 5.75 Å². The number of piperidine rings is 1. The van der Waals surface area contributed by atoms with Gasteiger partial charge in [-0.2, -0.15) is 0 Å². The third-order valence-corrected chi connectivity index (χ3v) is 4.19. The number of nitrogens with one attached hydrogen (secondary N) is 1. The summed E-state index contributed by atoms with van der Waals surface area (Å²) in [6.07, 6.45) is 2.90. The molecule has 0 bridgehead atoms. The van der Waals surface area contributed by atoms with Gasteiger partial charge in [-0.3, -0.25) is 14.5 Å². The summed E-state index contributed by atoms with van der Waals surface area (Å²) in [5, 5.41) is 12.1. The zero-order valence-corrected chi connectivity index (χ0v) is 13.5. The Morgan fingerprint density at radius 3 is 2.87 bits per heavy atom. The molecule has 1 aromatic carbocycles. The largest absolute Gasteiger partial charge is 0.496 e. The van der Waals surface area contributed by atoms with E-state index in [2.05, 4.69) is 5.32 Å². The molecular formula is C17H24N2O4. The maximum absolute atomic E-state index is 12.0. The Balaban J connectivity index is 1.79. The van der Waals surface area contributed by atoms with Crippen LogP contribution in [-0.4, -0.2) is 48.1 Å². The molecule has 1 amide bonds. The van der Waals surface area contributed by atoms with Crippen molar-refractivity contribution in [1.82, 2.24) is 10.2 Å². The first kappa shape index (κ1) is 17.3. The number of carboxylic acids is 1. The van der Waals surface area contributed by atoms with Crippen LogP contribution >= 0.6 is 0 Å². The van der Waals surface area contributed by atoms with Crippen molar-refractivity contribution < 1.29 is 19.4 Å². The van der Waals surface area contributed by atoms with E-state index < -0.39 is 12.0 Å². The summed E-state index contributed by atoms with van der Waals surface area (Å²) in [6, 6.07) is 7.09. The molecule has 0 radical (unpaired) electrons. The zero-order chi connectivity index (χ0) is 16.7. The number of rotatable bonds is 7. The van der Waals surface area contributed by atoms with Crippen LogP contribution in [-0.2, 0) is 16.1 Å². The van der Waals surface area contributed by atoms with E-state index >= 15 is 0 Å². The number of carbonyl (C=O) groups is 2. The average molecular weight is 320 g/mol. The average Bonchev–Trinajstić information content (AvgIpc) is 2.58. The molecule has 1 aromatic rings. The number of nitrogens with zero attached hydrogens (tertiary/aromatic N) is 1. The predicted molar refractivity (Wildman–Crippen MR) is 86.3 cm³/mol. The quantitative estimate of drug-likeness (QED) is 0.798. The first-order chi connectivity index (χ1) is 11.1. The van der Waals surface area contributed by atoms with Gasteiger partial charge >= 0.3 is 5.97 Å². The molecule has 0 aliphatic carbocycles. The fourth-order valence-electron chi connectivity index (χ4n) is 2.91. The number of methoxy groups -OCH3 is 1. The summed E-state index contributed by atoms with van der Waals surface area (Å²) >= 11 is 0. The number of para-hydroxylation sites is 1. The molecule has 1 fully saturated rings. The molecule has 0 saturated carbocycles. The van der Waals surface area contributed by atoms with Gasteiger partial charge in [0, 0.05) is 25.1 Å². The maximum atomic E-state index is 12.0. The molecule has 1 atom stereocenters. The predicted octanol–water partition coefficient (Wildman–Crippen LogP) is 1.64. The summed E-state index contributed by atoms with van der Waals surface area (Å²) in [6.45, 7) is 1.64. The van der Waals surface area contributed by atoms with Crippen LogP contribution in [0.4, 0.5) is 0 Å². The van der Waals surface area contributed by atoms with Crippen molar-refractivity contribution in [3.63, 3.8) is 0 Å². The molecule has 0 spiro atoms. The Hall–Kier alpha value is -2.08. The molecule has 1 aliphatic heterocycles. The highest BCUT2D eigenvalue weighted by atomic mass is 16.5. The van der Waals surface area contributed by atoms with E-state index in [0.29, 0.717) is 25.9 Å². The summed E-state index contributed by atoms with van der Waals surface area (Å²) in [7, 11) is 1.60. The number of benzene rings is 1. The molecule has 6 nitrogen and oxygen atoms in total. The van der Waals surface area contributed by atoms with Gasteiger partial charge < -0.3 is 15.2 Å². The Labute approximate surface area is 136 Å². The van der Waals surface area contributed by atoms with E-state index in [0.717, 1.165) is 30.7 Å². The number of likely N-dealkylation sites (tertiary alicyclic amines) is 1. The molecule has 126 valence electrons. The summed E-state index contributed by atoms with van der Waals surface area (Å²) in [5.41, 5.74) is 0.921. The second-order valence-electron chi connectivity index (χ2n) is 5.72. The van der Waals surface area contributed by atoms with E-state index in [1.54, 1.807) is 7.11 Å². The van der Waals surface area contributed by atoms with Crippen LogP contribution in [0.2, 0.25) is 0 Å². The maximum Gasteiger partial charge on any atom is 0.320 e. The van der Waals surface area contributed by atoms with Crippen LogP contribution < -0.4 is 10.1 Å². The first-order valence-corrected chi connectivity index (χ1v) is 7.97. The molecule has 1 aliphatic rings. The molecule has 23 heavy (non-hydrogen) atoms. The van der Waals surface area contributed by atoms with Gasteiger partial charge in [0.15, 0.2) is 0 Å². The Morgan fingerprint density at radius 1 is 1.35 bits per heavy atom. The van der Waals surface area contributed by atoms with Gasteiger partial charge in [-0.1, -0.05) is 24.6 Å². The number of aliphatic carboxylic acids is 1. The van der Waals surface area contributed by atoms with Crippen molar-refractivity contribution in [2.24, 2.45) is 0 Å². The SMILES string of the molecule is COc1ccccc1CNC(=O)CCN1CCCC[C@H]1C(=O)O. The first-order valence-electron chi connectivity index (χ1n) is 7.97. The van der Waals surface area contributed by atoms with Gasteiger partial charge in [0.2, 0.25) is 5.91 Å². The van der Waals surface area contributed by atoms with E-state index in [1.807, 2.05) is 29.2 Å². The van der Waals surface area contributed by atoms with Crippen LogP contribution in [0.1, 0.15) is 31.2 Å². The summed E-state index contributed by atoms with van der Waals surface area (Å²) in [5.74, 6) is -0.125. The Morgan fingerprint density at radius 2 is 2.13 bits per heavy atom. The number of carbonyl (C=O) groups excluding carboxylic acids is 1. The lowest BCUT2D eigenvalue weighted by atomic mass is 10.0. The number of hydrogen-bond acceptors (Lipinski definition) is 4. The van der Waals surface area contributed by atoms with E-state index in [1.165, 1.54) is 0 Å². The standard InChI is InChI=1S/C17H24N2O4/c1-23-15-8-3-2-6-13(15)12-18-16(20)9-11-19-10-5-4-7-14(19)17(21)22/h2-3,6,8,14H,4-5,7,9-12H2,1H3,(H,18,20)(H,21,22)/t14-/m0/s1. The van der Waals surface area contributed by atoms with Gasteiger partial charge in [-0.15, -0.1) is 0 Å². The highest BCUT2D eigenvalue weighted by Crippen LogP contribution is 2.18. The van der Waals surface area contributed by atoms with Crippen molar-refractivity contribution in [3.05, 3.63) is 29.8 Å². The minimum absolute atomic E-state index is 0.0781. The Kier molecular flexibility index (Phi) is 6.40. The van der Waals surface area contributed by atoms with Crippen molar-refractivity contribution in [3.8, 4) is 5.75 Å². The minimum Gasteiger partial charge on any atom is -0.496 e. The van der Waals surface area contributed by atoms with Gasteiger partial charge in [0.1, 0.15) is 11.8 Å². The van der Waals surface area contributed by atoms with Gasteiger partial charge in [0.05, 0.1) is 7.11 Å². The van der Waals surface area contributed by atoms with Crippen molar-refractivity contribution in [1.29, 1.82) is 0 Å². The number of amides is 1. The minimum atomic E-state index is -0.792. The van der Waals surface area contributed by atoms with Crippen LogP contribution in [0.3, 0.4) is 0 Å². The molecular weight excluding hydrogens is 296 g/mol. The highest BCUT2D eigenvalue weighted by molar-refractivity contribution is 5.76. The molecule has 0 aromatic heterocycles. The van der Waals surface area contributed by atoms with Crippen LogP contribution in [0.15, 0.2) is 24.3 Å². The molecule has 2 N–H and O–H groups in total. The lowest BCUT2D eigenvalue weighted by Gasteiger charge is -2.32. The lowest BCUT2D eigenvalue weighted by molar-refractivity contribution is -0.145. The topological polar surface area (TPSA) is 78.9 Å². The molecule has 2 rings (SSSR count). The van der Waals surface area contributed by atoms with Crippen LogP contribution in [0, 0.1) is 0 Å². The van der Waals surface area contributed by atoms with Gasteiger partial charge in [-0.25, -0.2) is 0 Å². The molecule has 6 heteroatoms. The highest BCUT2D eigenvalue weighted by Gasteiger charge is 2.28. The van der Waals surface area contributed by atoms with Crippen molar-refractivity contribution in [2.45, 2.75) is 38.3 Å². The van der Waals surface area contributed by atoms with Crippen LogP contribution in [0.25, 0.3) is 0 Å². The Bertz CT molecular complexity index is 547. The van der Waals surface area contributed by atoms with E-state index in [-0.39, 0.29) is 5.91 Å². The van der Waals surface area contributed by atoms with Crippen molar-refractivity contribution >= 4 is 11.9 Å². The van der Waals surface area contributed by atoms with E-state index in [9.17, 15) is 14.7 Å². The summed E-state index contributed by atoms with van der Waals surface area (Å²) in [4.78, 5) is 25.1. The zero-order valence-electron chi connectivity index (χ0n) is 13.5.